The van der Waals surface area contributed by atoms with Gasteiger partial charge in [0.1, 0.15) is 0 Å². The molecule has 4 rings (SSSR count). The van der Waals surface area contributed by atoms with Gasteiger partial charge >= 0.3 is 6.18 Å². The van der Waals surface area contributed by atoms with E-state index in [4.69, 9.17) is 0 Å². The molecule has 0 atom stereocenters. The van der Waals surface area contributed by atoms with Crippen LogP contribution in [0.25, 0.3) is 0 Å². The van der Waals surface area contributed by atoms with E-state index in [0.717, 1.165) is 38.1 Å². The molecule has 192 valence electrons. The lowest BCUT2D eigenvalue weighted by Crippen LogP contribution is -2.27. The molecule has 0 bridgehead atoms. The fourth-order valence-corrected chi connectivity index (χ4v) is 3.93. The summed E-state index contributed by atoms with van der Waals surface area (Å²) in [4.78, 5) is 39.1. The van der Waals surface area contributed by atoms with E-state index in [-0.39, 0.29) is 29.6 Å². The number of anilines is 3. The minimum absolute atomic E-state index is 0.0192. The third-order valence-corrected chi connectivity index (χ3v) is 5.83. The molecular weight excluding hydrogens is 485 g/mol. The van der Waals surface area contributed by atoms with E-state index in [2.05, 4.69) is 16.0 Å². The van der Waals surface area contributed by atoms with Crippen molar-refractivity contribution in [3.8, 4) is 0 Å². The Bertz CT molecular complexity index is 1290. The lowest BCUT2D eigenvalue weighted by atomic mass is 10.1. The molecule has 1 heterocycles. The summed E-state index contributed by atoms with van der Waals surface area (Å²) in [6.07, 6.45) is -2.50. The highest BCUT2D eigenvalue weighted by molar-refractivity contribution is 6.05. The van der Waals surface area contributed by atoms with E-state index in [1.807, 2.05) is 4.90 Å². The Balaban J connectivity index is 1.30. The number of nitrogens with zero attached hydrogens (tertiary/aromatic N) is 1. The van der Waals surface area contributed by atoms with E-state index in [1.165, 1.54) is 24.3 Å². The van der Waals surface area contributed by atoms with Crippen LogP contribution in [0.1, 0.15) is 39.1 Å². The summed E-state index contributed by atoms with van der Waals surface area (Å²) >= 11 is 0. The summed E-state index contributed by atoms with van der Waals surface area (Å²) < 4.78 is 38.7. The van der Waals surface area contributed by atoms with Crippen molar-refractivity contribution in [3.05, 3.63) is 89.5 Å². The van der Waals surface area contributed by atoms with Crippen LogP contribution in [0.15, 0.2) is 72.8 Å². The van der Waals surface area contributed by atoms with Crippen molar-refractivity contribution in [1.29, 1.82) is 0 Å². The zero-order valence-corrected chi connectivity index (χ0v) is 19.8. The molecule has 0 aliphatic carbocycles. The molecule has 3 aromatic rings. The molecular formula is C27H25F3N4O3. The monoisotopic (exact) mass is 510 g/mol. The van der Waals surface area contributed by atoms with Crippen LogP contribution in [0.3, 0.4) is 0 Å². The first-order valence-electron chi connectivity index (χ1n) is 11.7. The fourth-order valence-electron chi connectivity index (χ4n) is 3.93. The van der Waals surface area contributed by atoms with Gasteiger partial charge in [0.05, 0.1) is 12.1 Å². The Kier molecular flexibility index (Phi) is 7.76. The number of benzene rings is 3. The van der Waals surface area contributed by atoms with E-state index in [9.17, 15) is 27.6 Å². The standard InChI is InChI=1S/C27H25F3N4O3/c28-27(29,30)20-6-4-8-23(16-20)33-25(36)19-5-3-7-22(15-19)31-17-24(35)32-21-11-9-18(10-12-21)26(37)34-13-1-2-14-34/h3-12,15-16,31H,1-2,13-14,17H2,(H,32,35)(H,33,36). The second-order valence-electron chi connectivity index (χ2n) is 8.59. The first-order valence-corrected chi connectivity index (χ1v) is 11.7. The van der Waals surface area contributed by atoms with Gasteiger partial charge in [0, 0.05) is 41.3 Å². The Morgan fingerprint density at radius 1 is 0.757 bits per heavy atom. The van der Waals surface area contributed by atoms with Gasteiger partial charge in [-0.25, -0.2) is 0 Å². The minimum atomic E-state index is -4.52. The van der Waals surface area contributed by atoms with Gasteiger partial charge in [-0.3, -0.25) is 14.4 Å². The van der Waals surface area contributed by atoms with Crippen LogP contribution < -0.4 is 16.0 Å². The summed E-state index contributed by atoms with van der Waals surface area (Å²) in [5, 5.41) is 8.11. The van der Waals surface area contributed by atoms with Crippen LogP contribution in [0.5, 0.6) is 0 Å². The highest BCUT2D eigenvalue weighted by Crippen LogP contribution is 2.30. The van der Waals surface area contributed by atoms with E-state index < -0.39 is 17.6 Å². The number of rotatable bonds is 7. The first-order chi connectivity index (χ1) is 17.7. The summed E-state index contributed by atoms with van der Waals surface area (Å²) in [6.45, 7) is 1.43. The summed E-state index contributed by atoms with van der Waals surface area (Å²) in [7, 11) is 0. The average Bonchev–Trinajstić information content (AvgIpc) is 3.42. The van der Waals surface area contributed by atoms with Crippen molar-refractivity contribution in [3.63, 3.8) is 0 Å². The topological polar surface area (TPSA) is 90.5 Å². The molecule has 3 aromatic carbocycles. The maximum Gasteiger partial charge on any atom is 0.416 e. The zero-order valence-electron chi connectivity index (χ0n) is 19.8. The molecule has 3 N–H and O–H groups in total. The smallest absolute Gasteiger partial charge is 0.376 e. The second-order valence-corrected chi connectivity index (χ2v) is 8.59. The molecule has 0 aromatic heterocycles. The van der Waals surface area contributed by atoms with Gasteiger partial charge < -0.3 is 20.9 Å². The third kappa shape index (κ3) is 6.87. The van der Waals surface area contributed by atoms with Crippen LogP contribution in [-0.2, 0) is 11.0 Å². The summed E-state index contributed by atoms with van der Waals surface area (Å²) in [5.74, 6) is -0.942. The molecule has 10 heteroatoms. The second kappa shape index (κ2) is 11.2. The predicted octanol–water partition coefficient (Wildman–Crippen LogP) is 5.24. The Morgan fingerprint density at radius 2 is 1.43 bits per heavy atom. The van der Waals surface area contributed by atoms with Gasteiger partial charge in [0.15, 0.2) is 0 Å². The molecule has 0 spiro atoms. The first kappa shape index (κ1) is 25.7. The number of amides is 3. The molecule has 0 saturated carbocycles. The van der Waals surface area contributed by atoms with Crippen LogP contribution in [0.2, 0.25) is 0 Å². The summed E-state index contributed by atoms with van der Waals surface area (Å²) in [6, 6.07) is 17.3. The van der Waals surface area contributed by atoms with Crippen molar-refractivity contribution >= 4 is 34.8 Å². The lowest BCUT2D eigenvalue weighted by Gasteiger charge is -2.15. The molecule has 37 heavy (non-hydrogen) atoms. The van der Waals surface area contributed by atoms with E-state index >= 15 is 0 Å². The van der Waals surface area contributed by atoms with Crippen molar-refractivity contribution in [2.45, 2.75) is 19.0 Å². The average molecular weight is 511 g/mol. The quantitative estimate of drug-likeness (QED) is 0.405. The Morgan fingerprint density at radius 3 is 2.14 bits per heavy atom. The van der Waals surface area contributed by atoms with Gasteiger partial charge in [-0.1, -0.05) is 12.1 Å². The molecule has 1 saturated heterocycles. The number of carbonyl (C=O) groups excluding carboxylic acids is 3. The van der Waals surface area contributed by atoms with Crippen molar-refractivity contribution in [2.75, 3.05) is 35.6 Å². The highest BCUT2D eigenvalue weighted by Gasteiger charge is 2.30. The zero-order chi connectivity index (χ0) is 26.4. The van der Waals surface area contributed by atoms with Gasteiger partial charge in [-0.2, -0.15) is 13.2 Å². The number of halogens is 3. The fraction of sp³-hybridized carbons (Fsp3) is 0.222. The summed E-state index contributed by atoms with van der Waals surface area (Å²) in [5.41, 5.74) is 0.960. The maximum absolute atomic E-state index is 12.9. The largest absolute Gasteiger partial charge is 0.416 e. The van der Waals surface area contributed by atoms with E-state index in [1.54, 1.807) is 36.4 Å². The van der Waals surface area contributed by atoms with Crippen LogP contribution in [0.4, 0.5) is 30.2 Å². The van der Waals surface area contributed by atoms with Crippen molar-refractivity contribution in [2.24, 2.45) is 0 Å². The van der Waals surface area contributed by atoms with Crippen molar-refractivity contribution < 1.29 is 27.6 Å². The number of alkyl halides is 3. The van der Waals surface area contributed by atoms with Crippen molar-refractivity contribution in [1.82, 2.24) is 4.90 Å². The van der Waals surface area contributed by atoms with Crippen LogP contribution in [0, 0.1) is 0 Å². The third-order valence-electron chi connectivity index (χ3n) is 5.83. The normalized spacial score (nSPS) is 13.2. The van der Waals surface area contributed by atoms with E-state index in [0.29, 0.717) is 16.9 Å². The molecule has 1 aliphatic heterocycles. The predicted molar refractivity (Wildman–Crippen MR) is 135 cm³/mol. The Hall–Kier alpha value is -4.34. The Labute approximate surface area is 211 Å². The lowest BCUT2D eigenvalue weighted by molar-refractivity contribution is -0.137. The molecule has 1 fully saturated rings. The van der Waals surface area contributed by atoms with Gasteiger partial charge in [0.25, 0.3) is 11.8 Å². The number of hydrogen-bond donors (Lipinski definition) is 3. The minimum Gasteiger partial charge on any atom is -0.376 e. The number of likely N-dealkylation sites (tertiary alicyclic amines) is 1. The van der Waals surface area contributed by atoms with Gasteiger partial charge in [-0.15, -0.1) is 0 Å². The maximum atomic E-state index is 12.9. The van der Waals surface area contributed by atoms with Gasteiger partial charge in [0.2, 0.25) is 5.91 Å². The van der Waals surface area contributed by atoms with Crippen LogP contribution >= 0.6 is 0 Å². The number of hydrogen-bond acceptors (Lipinski definition) is 4. The number of nitrogens with one attached hydrogen (secondary N) is 3. The highest BCUT2D eigenvalue weighted by atomic mass is 19.4. The van der Waals surface area contributed by atoms with Crippen LogP contribution in [-0.4, -0.2) is 42.3 Å². The molecule has 0 unspecified atom stereocenters. The van der Waals surface area contributed by atoms with Gasteiger partial charge in [-0.05, 0) is 73.5 Å². The number of carbonyl (C=O) groups is 3. The molecule has 3 amide bonds. The molecule has 1 aliphatic rings. The molecule has 0 radical (unpaired) electrons. The SMILES string of the molecule is O=C(CNc1cccc(C(=O)Nc2cccc(C(F)(F)F)c2)c1)Nc1ccc(C(=O)N2CCCC2)cc1. The molecule has 7 nitrogen and oxygen atoms in total.